The number of nitrogens with one attached hydrogen (secondary N) is 3. The molecular formula is C17H21N3O2. The average Bonchev–Trinajstić information content (AvgIpc) is 3.25. The summed E-state index contributed by atoms with van der Waals surface area (Å²) < 4.78 is 0. The first-order valence-corrected chi connectivity index (χ1v) is 7.82. The smallest absolute Gasteiger partial charge is 0.243 e. The molecule has 3 rings (SSSR count). The fraction of sp³-hybridized carbons (Fsp3) is 0.412. The molecule has 5 heteroatoms. The molecule has 1 aliphatic carbocycles. The van der Waals surface area contributed by atoms with Crippen LogP contribution in [-0.2, 0) is 16.0 Å². The third kappa shape index (κ3) is 3.30. The van der Waals surface area contributed by atoms with Crippen LogP contribution in [0.2, 0.25) is 0 Å². The minimum Gasteiger partial charge on any atom is -0.361 e. The molecule has 1 saturated carbocycles. The van der Waals surface area contributed by atoms with Gasteiger partial charge in [-0.15, -0.1) is 0 Å². The highest BCUT2D eigenvalue weighted by atomic mass is 16.2. The lowest BCUT2D eigenvalue weighted by Gasteiger charge is -2.18. The maximum atomic E-state index is 12.4. The first-order valence-electron chi connectivity index (χ1n) is 7.82. The van der Waals surface area contributed by atoms with Crippen molar-refractivity contribution >= 4 is 22.7 Å². The van der Waals surface area contributed by atoms with E-state index in [4.69, 9.17) is 0 Å². The maximum absolute atomic E-state index is 12.4. The summed E-state index contributed by atoms with van der Waals surface area (Å²) >= 11 is 0. The second kappa shape index (κ2) is 6.22. The monoisotopic (exact) mass is 299 g/mol. The van der Waals surface area contributed by atoms with E-state index in [0.29, 0.717) is 12.8 Å². The van der Waals surface area contributed by atoms with Crippen LogP contribution in [0.5, 0.6) is 0 Å². The predicted octanol–water partition coefficient (Wildman–Crippen LogP) is 1.88. The number of aromatic amines is 1. The number of rotatable bonds is 6. The first-order chi connectivity index (χ1) is 10.7. The molecule has 1 aliphatic rings. The molecule has 1 heterocycles. The summed E-state index contributed by atoms with van der Waals surface area (Å²) in [4.78, 5) is 27.3. The molecule has 22 heavy (non-hydrogen) atoms. The van der Waals surface area contributed by atoms with E-state index >= 15 is 0 Å². The topological polar surface area (TPSA) is 74.0 Å². The lowest BCUT2D eigenvalue weighted by Crippen LogP contribution is -2.48. The summed E-state index contributed by atoms with van der Waals surface area (Å²) in [5, 5.41) is 6.91. The Kier molecular flexibility index (Phi) is 4.13. The molecule has 0 aliphatic heterocycles. The third-order valence-corrected chi connectivity index (χ3v) is 4.00. The van der Waals surface area contributed by atoms with Crippen molar-refractivity contribution in [1.82, 2.24) is 15.6 Å². The molecule has 2 aromatic rings. The first kappa shape index (κ1) is 14.6. The number of H-pyrrole nitrogens is 1. The largest absolute Gasteiger partial charge is 0.361 e. The quantitative estimate of drug-likeness (QED) is 0.762. The number of hydrogen-bond donors (Lipinski definition) is 3. The molecule has 5 nitrogen and oxygen atoms in total. The fourth-order valence-electron chi connectivity index (χ4n) is 2.56. The summed E-state index contributed by atoms with van der Waals surface area (Å²) in [6, 6.07) is 7.74. The highest BCUT2D eigenvalue weighted by molar-refractivity contribution is 5.89. The number of benzene rings is 1. The van der Waals surface area contributed by atoms with Gasteiger partial charge < -0.3 is 15.6 Å². The minimum atomic E-state index is -0.521. The molecule has 0 bridgehead atoms. The number of para-hydroxylation sites is 1. The molecule has 0 saturated heterocycles. The van der Waals surface area contributed by atoms with Gasteiger partial charge in [0, 0.05) is 36.0 Å². The van der Waals surface area contributed by atoms with E-state index in [0.717, 1.165) is 29.3 Å². The van der Waals surface area contributed by atoms with E-state index in [2.05, 4.69) is 15.6 Å². The van der Waals surface area contributed by atoms with Gasteiger partial charge in [0.1, 0.15) is 6.04 Å². The SMILES string of the molecule is CCC(=O)N[C@@H](Cc1c[nH]c2ccccc12)C(=O)NC1CC1. The highest BCUT2D eigenvalue weighted by Crippen LogP contribution is 2.21. The molecule has 116 valence electrons. The summed E-state index contributed by atoms with van der Waals surface area (Å²) in [6.45, 7) is 1.79. The molecule has 1 atom stereocenters. The summed E-state index contributed by atoms with van der Waals surface area (Å²) in [6.07, 6.45) is 4.86. The van der Waals surface area contributed by atoms with E-state index in [9.17, 15) is 9.59 Å². The standard InChI is InChI=1S/C17H21N3O2/c1-2-16(21)20-15(17(22)19-12-7-8-12)9-11-10-18-14-6-4-3-5-13(11)14/h3-6,10,12,15,18H,2,7-9H2,1H3,(H,19,22)(H,20,21)/t15-/m0/s1. The number of carbonyl (C=O) groups is 2. The van der Waals surface area contributed by atoms with Crippen molar-refractivity contribution in [3.05, 3.63) is 36.0 Å². The van der Waals surface area contributed by atoms with Crippen LogP contribution in [-0.4, -0.2) is 28.9 Å². The van der Waals surface area contributed by atoms with E-state index < -0.39 is 6.04 Å². The van der Waals surface area contributed by atoms with Crippen LogP contribution >= 0.6 is 0 Å². The number of hydrogen-bond acceptors (Lipinski definition) is 2. The molecule has 0 radical (unpaired) electrons. The van der Waals surface area contributed by atoms with Crippen molar-refractivity contribution < 1.29 is 9.59 Å². The Hall–Kier alpha value is -2.30. The van der Waals surface area contributed by atoms with Gasteiger partial charge in [-0.05, 0) is 24.5 Å². The van der Waals surface area contributed by atoms with Crippen LogP contribution in [0.25, 0.3) is 10.9 Å². The zero-order valence-corrected chi connectivity index (χ0v) is 12.7. The lowest BCUT2D eigenvalue weighted by atomic mass is 10.0. The zero-order chi connectivity index (χ0) is 15.5. The Morgan fingerprint density at radius 3 is 2.82 bits per heavy atom. The van der Waals surface area contributed by atoms with Gasteiger partial charge in [0.2, 0.25) is 11.8 Å². The van der Waals surface area contributed by atoms with Crippen molar-refractivity contribution in [3.63, 3.8) is 0 Å². The Balaban J connectivity index is 1.78. The number of fused-ring (bicyclic) bond motifs is 1. The summed E-state index contributed by atoms with van der Waals surface area (Å²) in [7, 11) is 0. The van der Waals surface area contributed by atoms with E-state index in [1.165, 1.54) is 0 Å². The molecule has 0 unspecified atom stereocenters. The highest BCUT2D eigenvalue weighted by Gasteiger charge is 2.28. The number of aromatic nitrogens is 1. The normalized spacial score (nSPS) is 15.5. The van der Waals surface area contributed by atoms with Gasteiger partial charge in [-0.2, -0.15) is 0 Å². The molecule has 1 aromatic carbocycles. The van der Waals surface area contributed by atoms with Gasteiger partial charge in [-0.1, -0.05) is 25.1 Å². The summed E-state index contributed by atoms with van der Waals surface area (Å²) in [5.74, 6) is -0.189. The Bertz CT molecular complexity index is 688. The van der Waals surface area contributed by atoms with E-state index in [1.807, 2.05) is 30.5 Å². The van der Waals surface area contributed by atoms with Crippen molar-refractivity contribution in [2.45, 2.75) is 44.7 Å². The van der Waals surface area contributed by atoms with Crippen molar-refractivity contribution in [2.24, 2.45) is 0 Å². The number of amides is 2. The van der Waals surface area contributed by atoms with Crippen LogP contribution < -0.4 is 10.6 Å². The summed E-state index contributed by atoms with van der Waals surface area (Å²) in [5.41, 5.74) is 2.09. The van der Waals surface area contributed by atoms with Gasteiger partial charge in [0.05, 0.1) is 0 Å². The van der Waals surface area contributed by atoms with Crippen LogP contribution in [0, 0.1) is 0 Å². The minimum absolute atomic E-state index is 0.0884. The van der Waals surface area contributed by atoms with Crippen molar-refractivity contribution in [3.8, 4) is 0 Å². The maximum Gasteiger partial charge on any atom is 0.243 e. The fourth-order valence-corrected chi connectivity index (χ4v) is 2.56. The van der Waals surface area contributed by atoms with Crippen LogP contribution in [0.3, 0.4) is 0 Å². The van der Waals surface area contributed by atoms with Crippen molar-refractivity contribution in [2.75, 3.05) is 0 Å². The predicted molar refractivity (Wildman–Crippen MR) is 85.4 cm³/mol. The van der Waals surface area contributed by atoms with E-state index in [1.54, 1.807) is 6.92 Å². The van der Waals surface area contributed by atoms with Gasteiger partial charge in [-0.3, -0.25) is 9.59 Å². The van der Waals surface area contributed by atoms with Crippen LogP contribution in [0.15, 0.2) is 30.5 Å². The molecule has 1 aromatic heterocycles. The van der Waals surface area contributed by atoms with Gasteiger partial charge >= 0.3 is 0 Å². The lowest BCUT2D eigenvalue weighted by molar-refractivity contribution is -0.128. The zero-order valence-electron chi connectivity index (χ0n) is 12.7. The molecule has 1 fully saturated rings. The van der Waals surface area contributed by atoms with Gasteiger partial charge in [0.25, 0.3) is 0 Å². The van der Waals surface area contributed by atoms with Crippen molar-refractivity contribution in [1.29, 1.82) is 0 Å². The second-order valence-electron chi connectivity index (χ2n) is 5.82. The Labute approximate surface area is 129 Å². The number of carbonyl (C=O) groups excluding carboxylic acids is 2. The third-order valence-electron chi connectivity index (χ3n) is 4.00. The van der Waals surface area contributed by atoms with Gasteiger partial charge in [0.15, 0.2) is 0 Å². The average molecular weight is 299 g/mol. The second-order valence-corrected chi connectivity index (χ2v) is 5.82. The molecule has 0 spiro atoms. The van der Waals surface area contributed by atoms with E-state index in [-0.39, 0.29) is 17.9 Å². The molecule has 3 N–H and O–H groups in total. The van der Waals surface area contributed by atoms with Crippen LogP contribution in [0.4, 0.5) is 0 Å². The Morgan fingerprint density at radius 2 is 2.09 bits per heavy atom. The molecule has 2 amide bonds. The Morgan fingerprint density at radius 1 is 1.32 bits per heavy atom. The molecular weight excluding hydrogens is 278 g/mol. The van der Waals surface area contributed by atoms with Gasteiger partial charge in [-0.25, -0.2) is 0 Å². The van der Waals surface area contributed by atoms with Crippen LogP contribution in [0.1, 0.15) is 31.7 Å².